The van der Waals surface area contributed by atoms with Gasteiger partial charge in [-0.2, -0.15) is 13.8 Å². The highest BCUT2D eigenvalue weighted by atomic mass is 35.5. The summed E-state index contributed by atoms with van der Waals surface area (Å²) in [4.78, 5) is 19.9. The molecule has 2 bridgehead atoms. The van der Waals surface area contributed by atoms with Crippen LogP contribution in [0.15, 0.2) is 17.3 Å². The quantitative estimate of drug-likeness (QED) is 0.651. The number of fused-ring (bicyclic) bond motifs is 3. The van der Waals surface area contributed by atoms with Crippen LogP contribution in [0.4, 0.5) is 20.5 Å². The smallest absolute Gasteiger partial charge is 0.331 e. The first-order valence-corrected chi connectivity index (χ1v) is 12.7. The van der Waals surface area contributed by atoms with E-state index in [9.17, 15) is 18.1 Å². The summed E-state index contributed by atoms with van der Waals surface area (Å²) < 4.78 is 41.3. The Bertz CT molecular complexity index is 1110. The van der Waals surface area contributed by atoms with E-state index in [-0.39, 0.29) is 41.0 Å². The molecule has 0 radical (unpaired) electrons. The normalized spacial score (nSPS) is 30.8. The Morgan fingerprint density at radius 3 is 2.48 bits per heavy atom. The molecule has 2 unspecified atom stereocenters. The average molecular weight is 497 g/mol. The molecular formula is C21H23ClF2N6O2S. The Balaban J connectivity index is 1.31. The van der Waals surface area contributed by atoms with Crippen molar-refractivity contribution in [2.45, 2.75) is 78.6 Å². The highest BCUT2D eigenvalue weighted by Crippen LogP contribution is 2.49. The third-order valence-electron chi connectivity index (χ3n) is 7.43. The highest BCUT2D eigenvalue weighted by molar-refractivity contribution is 7.86. The SMILES string of the molecule is O=[S@]1c2c(nc(N3C4CC(c5ncc(Cl)cn5)CC3C4)nc2NC2(CO)CCC2)CC1(F)F. The van der Waals surface area contributed by atoms with Gasteiger partial charge in [0.05, 0.1) is 29.3 Å². The fourth-order valence-corrected chi connectivity index (χ4v) is 6.80. The van der Waals surface area contributed by atoms with Crippen molar-refractivity contribution in [2.75, 3.05) is 16.8 Å². The van der Waals surface area contributed by atoms with Crippen LogP contribution in [-0.2, 0) is 17.2 Å². The van der Waals surface area contributed by atoms with E-state index in [4.69, 9.17) is 11.6 Å². The van der Waals surface area contributed by atoms with Crippen molar-refractivity contribution < 1.29 is 18.1 Å². The maximum Gasteiger partial charge on any atom is 0.331 e. The molecule has 0 amide bonds. The number of aromatic nitrogens is 4. The molecule has 2 aliphatic carbocycles. The van der Waals surface area contributed by atoms with Gasteiger partial charge in [0.25, 0.3) is 0 Å². The van der Waals surface area contributed by atoms with Crippen molar-refractivity contribution >= 4 is 34.2 Å². The summed E-state index contributed by atoms with van der Waals surface area (Å²) in [6.45, 7) is -0.137. The number of aliphatic hydroxyl groups is 1. The van der Waals surface area contributed by atoms with Crippen LogP contribution in [0.2, 0.25) is 5.02 Å². The van der Waals surface area contributed by atoms with E-state index in [1.807, 2.05) is 0 Å². The zero-order valence-corrected chi connectivity index (χ0v) is 19.2. The maximum atomic E-state index is 14.4. The van der Waals surface area contributed by atoms with Gasteiger partial charge in [0, 0.05) is 30.4 Å². The summed E-state index contributed by atoms with van der Waals surface area (Å²) in [5.41, 5.74) is -0.482. The number of anilines is 2. The molecular weight excluding hydrogens is 474 g/mol. The first kappa shape index (κ1) is 21.5. The molecule has 2 N–H and O–H groups in total. The number of alkyl halides is 2. The molecule has 3 atom stereocenters. The summed E-state index contributed by atoms with van der Waals surface area (Å²) in [5, 5.41) is 10.2. The van der Waals surface area contributed by atoms with Gasteiger partial charge in [0.15, 0.2) is 0 Å². The molecule has 5 aliphatic rings. The van der Waals surface area contributed by atoms with Gasteiger partial charge in [-0.15, -0.1) is 0 Å². The largest absolute Gasteiger partial charge is 0.394 e. The van der Waals surface area contributed by atoms with Gasteiger partial charge < -0.3 is 15.3 Å². The lowest BCUT2D eigenvalue weighted by atomic mass is 9.73. The molecule has 8 nitrogen and oxygen atoms in total. The minimum Gasteiger partial charge on any atom is -0.394 e. The number of piperidine rings is 1. The minimum absolute atomic E-state index is 0.0263. The Morgan fingerprint density at radius 1 is 1.18 bits per heavy atom. The molecule has 176 valence electrons. The van der Waals surface area contributed by atoms with Crippen LogP contribution in [0.1, 0.15) is 56.0 Å². The summed E-state index contributed by atoms with van der Waals surface area (Å²) in [6, 6.07) is 0.309. The number of rotatable bonds is 5. The summed E-state index contributed by atoms with van der Waals surface area (Å²) in [6.07, 6.45) is 7.45. The number of nitrogens with one attached hydrogen (secondary N) is 1. The Labute approximate surface area is 196 Å². The Hall–Kier alpha value is -1.98. The zero-order chi connectivity index (χ0) is 23.0. The van der Waals surface area contributed by atoms with Crippen molar-refractivity contribution in [3.8, 4) is 0 Å². The van der Waals surface area contributed by atoms with Crippen molar-refractivity contribution in [1.29, 1.82) is 0 Å². The van der Waals surface area contributed by atoms with Gasteiger partial charge >= 0.3 is 5.25 Å². The Kier molecular flexibility index (Phi) is 4.90. The molecule has 2 aromatic rings. The van der Waals surface area contributed by atoms with Gasteiger partial charge in [0.1, 0.15) is 27.3 Å². The Morgan fingerprint density at radius 2 is 1.88 bits per heavy atom. The van der Waals surface area contributed by atoms with Crippen molar-refractivity contribution in [3.05, 3.63) is 28.9 Å². The van der Waals surface area contributed by atoms with Gasteiger partial charge in [-0.1, -0.05) is 11.6 Å². The number of hydrogen-bond donors (Lipinski definition) is 2. The van der Waals surface area contributed by atoms with Crippen LogP contribution in [-0.4, -0.2) is 58.7 Å². The summed E-state index contributed by atoms with van der Waals surface area (Å²) >= 11 is 5.91. The number of hydrogen-bond acceptors (Lipinski definition) is 8. The summed E-state index contributed by atoms with van der Waals surface area (Å²) in [7, 11) is -2.53. The molecule has 0 spiro atoms. The van der Waals surface area contributed by atoms with Crippen molar-refractivity contribution in [1.82, 2.24) is 19.9 Å². The van der Waals surface area contributed by atoms with E-state index >= 15 is 0 Å². The van der Waals surface area contributed by atoms with Gasteiger partial charge in [-0.05, 0) is 38.5 Å². The topological polar surface area (TPSA) is 104 Å². The van der Waals surface area contributed by atoms with E-state index in [0.717, 1.165) is 31.5 Å². The monoisotopic (exact) mass is 496 g/mol. The average Bonchev–Trinajstić information content (AvgIpc) is 2.99. The zero-order valence-electron chi connectivity index (χ0n) is 17.7. The van der Waals surface area contributed by atoms with Crippen LogP contribution >= 0.6 is 11.6 Å². The lowest BCUT2D eigenvalue weighted by molar-refractivity contribution is 0.104. The molecule has 4 fully saturated rings. The van der Waals surface area contributed by atoms with Crippen LogP contribution in [0.5, 0.6) is 0 Å². The molecule has 2 aromatic heterocycles. The minimum atomic E-state index is -3.38. The number of halogens is 3. The standard InChI is InChI=1S/C21H23ClF2N6O2S/c22-12-8-25-17(26-9-12)11-4-13-6-14(5-11)30(13)19-27-15-7-21(23,24)33(32)16(15)18(28-19)29-20(10-31)2-1-3-20/h8-9,11,13-14,31H,1-7,10H2,(H,27,28,29)/t11?,13?,14?,33-/m0/s1. The number of nitrogens with zero attached hydrogens (tertiary/aromatic N) is 5. The van der Waals surface area contributed by atoms with Gasteiger partial charge in [-0.3, -0.25) is 0 Å². The first-order chi connectivity index (χ1) is 15.8. The molecule has 7 rings (SSSR count). The summed E-state index contributed by atoms with van der Waals surface area (Å²) in [5.74, 6) is 1.51. The predicted octanol–water partition coefficient (Wildman–Crippen LogP) is 3.03. The molecule has 12 heteroatoms. The van der Waals surface area contributed by atoms with Crippen LogP contribution in [0.25, 0.3) is 0 Å². The fraction of sp³-hybridized carbons (Fsp3) is 0.619. The number of aliphatic hydroxyl groups excluding tert-OH is 1. The van der Waals surface area contributed by atoms with Gasteiger partial charge in [0.2, 0.25) is 5.95 Å². The fourth-order valence-electron chi connectivity index (χ4n) is 5.53. The second kappa shape index (κ2) is 7.51. The van der Waals surface area contributed by atoms with E-state index in [0.29, 0.717) is 23.8 Å². The highest BCUT2D eigenvalue weighted by Gasteiger charge is 2.52. The first-order valence-electron chi connectivity index (χ1n) is 11.1. The van der Waals surface area contributed by atoms with Crippen molar-refractivity contribution in [2.24, 2.45) is 0 Å². The molecule has 0 aromatic carbocycles. The molecule has 2 saturated heterocycles. The van der Waals surface area contributed by atoms with Crippen LogP contribution in [0.3, 0.4) is 0 Å². The van der Waals surface area contributed by atoms with Crippen LogP contribution < -0.4 is 10.2 Å². The second-order valence-electron chi connectivity index (χ2n) is 9.53. The second-order valence-corrected chi connectivity index (χ2v) is 11.5. The van der Waals surface area contributed by atoms with Crippen LogP contribution in [0, 0.1) is 0 Å². The van der Waals surface area contributed by atoms with Crippen molar-refractivity contribution in [3.63, 3.8) is 0 Å². The maximum absolute atomic E-state index is 14.4. The molecule has 5 heterocycles. The molecule has 3 aliphatic heterocycles. The lowest BCUT2D eigenvalue weighted by Gasteiger charge is -2.55. The predicted molar refractivity (Wildman–Crippen MR) is 118 cm³/mol. The molecule has 33 heavy (non-hydrogen) atoms. The van der Waals surface area contributed by atoms with E-state index < -0.39 is 28.0 Å². The van der Waals surface area contributed by atoms with E-state index in [1.54, 1.807) is 12.4 Å². The van der Waals surface area contributed by atoms with E-state index in [2.05, 4.69) is 30.2 Å². The third kappa shape index (κ3) is 3.42. The molecule has 2 saturated carbocycles. The lowest BCUT2D eigenvalue weighted by Crippen LogP contribution is -2.61. The van der Waals surface area contributed by atoms with Gasteiger partial charge in [-0.25, -0.2) is 19.2 Å². The third-order valence-corrected chi connectivity index (χ3v) is 9.11. The van der Waals surface area contributed by atoms with E-state index in [1.165, 1.54) is 0 Å².